The van der Waals surface area contributed by atoms with Gasteiger partial charge in [0.25, 0.3) is 5.69 Å². The molecule has 0 saturated heterocycles. The van der Waals surface area contributed by atoms with Crippen LogP contribution in [-0.4, -0.2) is 31.3 Å². The van der Waals surface area contributed by atoms with Gasteiger partial charge in [0.2, 0.25) is 5.91 Å². The number of rotatable bonds is 8. The van der Waals surface area contributed by atoms with E-state index in [1.807, 2.05) is 36.6 Å². The molecular formula is C21H23N5O3S. The fourth-order valence-electron chi connectivity index (χ4n) is 3.13. The summed E-state index contributed by atoms with van der Waals surface area (Å²) in [7, 11) is 0. The summed E-state index contributed by atoms with van der Waals surface area (Å²) in [5.74, 6) is 0.713. The molecule has 0 unspecified atom stereocenters. The maximum absolute atomic E-state index is 12.5. The van der Waals surface area contributed by atoms with E-state index in [9.17, 15) is 14.9 Å². The highest BCUT2D eigenvalue weighted by atomic mass is 32.2. The zero-order valence-corrected chi connectivity index (χ0v) is 17.9. The largest absolute Gasteiger partial charge is 0.325 e. The SMILES string of the molecule is CCc1cccc(C)c1NC(=O)CSc1nnc(-c2ccc([N+](=O)[O-])cc2)n1CC. The monoisotopic (exact) mass is 425 g/mol. The van der Waals surface area contributed by atoms with E-state index in [0.29, 0.717) is 17.5 Å². The summed E-state index contributed by atoms with van der Waals surface area (Å²) in [6, 6.07) is 12.2. The standard InChI is InChI=1S/C21H23N5O3S/c1-4-15-8-6-7-14(3)19(15)22-18(27)13-30-21-24-23-20(25(21)5-2)16-9-11-17(12-10-16)26(28)29/h6-12H,4-5,13H2,1-3H3,(H,22,27). The van der Waals surface area contributed by atoms with Crippen molar-refractivity contribution in [3.05, 3.63) is 63.7 Å². The molecule has 3 aromatic rings. The normalized spacial score (nSPS) is 10.8. The van der Waals surface area contributed by atoms with Crippen molar-refractivity contribution < 1.29 is 9.72 Å². The summed E-state index contributed by atoms with van der Waals surface area (Å²) in [6.45, 7) is 6.61. The Morgan fingerprint density at radius 3 is 2.53 bits per heavy atom. The zero-order chi connectivity index (χ0) is 21.7. The molecule has 0 saturated carbocycles. The Morgan fingerprint density at radius 1 is 1.17 bits per heavy atom. The number of para-hydroxylation sites is 1. The van der Waals surface area contributed by atoms with Crippen LogP contribution in [0.1, 0.15) is 25.0 Å². The van der Waals surface area contributed by atoms with Crippen LogP contribution in [-0.2, 0) is 17.8 Å². The topological polar surface area (TPSA) is 103 Å². The lowest BCUT2D eigenvalue weighted by Crippen LogP contribution is -2.16. The number of hydrogen-bond acceptors (Lipinski definition) is 6. The van der Waals surface area contributed by atoms with Gasteiger partial charge in [-0.15, -0.1) is 10.2 Å². The Labute approximate surface area is 178 Å². The van der Waals surface area contributed by atoms with Crippen molar-refractivity contribution in [3.8, 4) is 11.4 Å². The number of carbonyl (C=O) groups excluding carboxylic acids is 1. The van der Waals surface area contributed by atoms with Crippen molar-refractivity contribution >= 4 is 29.0 Å². The number of aromatic nitrogens is 3. The van der Waals surface area contributed by atoms with Crippen LogP contribution in [0.25, 0.3) is 11.4 Å². The molecule has 0 radical (unpaired) electrons. The van der Waals surface area contributed by atoms with Crippen molar-refractivity contribution in [3.63, 3.8) is 0 Å². The minimum absolute atomic E-state index is 0.0234. The molecule has 156 valence electrons. The minimum atomic E-state index is -0.438. The summed E-state index contributed by atoms with van der Waals surface area (Å²) in [5, 5.41) is 22.9. The van der Waals surface area contributed by atoms with E-state index in [1.165, 1.54) is 23.9 Å². The minimum Gasteiger partial charge on any atom is -0.325 e. The first-order chi connectivity index (χ1) is 14.4. The molecule has 3 rings (SSSR count). The Morgan fingerprint density at radius 2 is 1.90 bits per heavy atom. The maximum Gasteiger partial charge on any atom is 0.269 e. The Bertz CT molecular complexity index is 1060. The van der Waals surface area contributed by atoms with Gasteiger partial charge in [-0.25, -0.2) is 0 Å². The summed E-state index contributed by atoms with van der Waals surface area (Å²) in [6.07, 6.45) is 0.840. The van der Waals surface area contributed by atoms with Gasteiger partial charge in [-0.3, -0.25) is 14.9 Å². The summed E-state index contributed by atoms with van der Waals surface area (Å²) >= 11 is 1.31. The molecule has 0 aliphatic rings. The molecule has 9 heteroatoms. The number of anilines is 1. The first-order valence-corrected chi connectivity index (χ1v) is 10.6. The van der Waals surface area contributed by atoms with Crippen molar-refractivity contribution in [1.29, 1.82) is 0 Å². The Kier molecular flexibility index (Phi) is 6.83. The molecule has 8 nitrogen and oxygen atoms in total. The van der Waals surface area contributed by atoms with Crippen LogP contribution < -0.4 is 5.32 Å². The molecule has 1 heterocycles. The number of nitro benzene ring substituents is 1. The summed E-state index contributed by atoms with van der Waals surface area (Å²) in [5.41, 5.74) is 3.76. The second-order valence-electron chi connectivity index (χ2n) is 6.65. The second kappa shape index (κ2) is 9.53. The van der Waals surface area contributed by atoms with Crippen LogP contribution in [0.3, 0.4) is 0 Å². The van der Waals surface area contributed by atoms with Gasteiger partial charge in [0.1, 0.15) is 0 Å². The highest BCUT2D eigenvalue weighted by Crippen LogP contribution is 2.26. The van der Waals surface area contributed by atoms with Gasteiger partial charge in [-0.1, -0.05) is 36.9 Å². The maximum atomic E-state index is 12.5. The quantitative estimate of drug-likeness (QED) is 0.324. The van der Waals surface area contributed by atoms with Gasteiger partial charge in [-0.05, 0) is 43.5 Å². The van der Waals surface area contributed by atoms with E-state index in [1.54, 1.807) is 12.1 Å². The number of carbonyl (C=O) groups is 1. The highest BCUT2D eigenvalue weighted by molar-refractivity contribution is 7.99. The molecule has 0 aliphatic heterocycles. The van der Waals surface area contributed by atoms with Gasteiger partial charge in [0.05, 0.1) is 10.7 Å². The molecule has 0 bridgehead atoms. The summed E-state index contributed by atoms with van der Waals surface area (Å²) in [4.78, 5) is 22.9. The number of hydrogen-bond donors (Lipinski definition) is 1. The number of amides is 1. The number of aryl methyl sites for hydroxylation is 2. The van der Waals surface area contributed by atoms with Crippen LogP contribution in [0.15, 0.2) is 47.6 Å². The molecule has 1 amide bonds. The Hall–Kier alpha value is -3.20. The highest BCUT2D eigenvalue weighted by Gasteiger charge is 2.16. The fourth-order valence-corrected chi connectivity index (χ4v) is 3.94. The summed E-state index contributed by atoms with van der Waals surface area (Å²) < 4.78 is 1.89. The number of nitrogens with zero attached hydrogens (tertiary/aromatic N) is 4. The van der Waals surface area contributed by atoms with E-state index in [-0.39, 0.29) is 17.3 Å². The molecule has 0 spiro atoms. The van der Waals surface area contributed by atoms with Crippen LogP contribution in [0.4, 0.5) is 11.4 Å². The lowest BCUT2D eigenvalue weighted by Gasteiger charge is -2.13. The average molecular weight is 426 g/mol. The molecule has 0 atom stereocenters. The van der Waals surface area contributed by atoms with Crippen molar-refractivity contribution in [1.82, 2.24) is 14.8 Å². The molecule has 0 fully saturated rings. The van der Waals surface area contributed by atoms with Crippen molar-refractivity contribution in [2.24, 2.45) is 0 Å². The molecule has 30 heavy (non-hydrogen) atoms. The fraction of sp³-hybridized carbons (Fsp3) is 0.286. The van der Waals surface area contributed by atoms with E-state index in [0.717, 1.165) is 28.8 Å². The van der Waals surface area contributed by atoms with E-state index < -0.39 is 4.92 Å². The second-order valence-corrected chi connectivity index (χ2v) is 7.60. The van der Waals surface area contributed by atoms with Gasteiger partial charge >= 0.3 is 0 Å². The van der Waals surface area contributed by atoms with Crippen LogP contribution in [0, 0.1) is 17.0 Å². The number of benzene rings is 2. The molecule has 2 aromatic carbocycles. The van der Waals surface area contributed by atoms with E-state index in [4.69, 9.17) is 0 Å². The first kappa shape index (κ1) is 21.5. The number of nitro groups is 1. The molecule has 1 N–H and O–H groups in total. The lowest BCUT2D eigenvalue weighted by atomic mass is 10.1. The molecule has 0 aliphatic carbocycles. The van der Waals surface area contributed by atoms with Gasteiger partial charge in [0, 0.05) is 29.9 Å². The van der Waals surface area contributed by atoms with Crippen LogP contribution >= 0.6 is 11.8 Å². The van der Waals surface area contributed by atoms with Crippen LogP contribution in [0.2, 0.25) is 0 Å². The third-order valence-electron chi connectivity index (χ3n) is 4.71. The van der Waals surface area contributed by atoms with Crippen LogP contribution in [0.5, 0.6) is 0 Å². The number of nitrogens with one attached hydrogen (secondary N) is 1. The van der Waals surface area contributed by atoms with Crippen molar-refractivity contribution in [2.75, 3.05) is 11.1 Å². The predicted molar refractivity (Wildman–Crippen MR) is 118 cm³/mol. The van der Waals surface area contributed by atoms with Gasteiger partial charge in [0.15, 0.2) is 11.0 Å². The average Bonchev–Trinajstić information content (AvgIpc) is 3.16. The lowest BCUT2D eigenvalue weighted by molar-refractivity contribution is -0.384. The van der Waals surface area contributed by atoms with Gasteiger partial charge < -0.3 is 9.88 Å². The van der Waals surface area contributed by atoms with Crippen molar-refractivity contribution in [2.45, 2.75) is 38.9 Å². The Balaban J connectivity index is 1.72. The predicted octanol–water partition coefficient (Wildman–Crippen LogP) is 4.47. The zero-order valence-electron chi connectivity index (χ0n) is 17.1. The third-order valence-corrected chi connectivity index (χ3v) is 5.67. The number of thioether (sulfide) groups is 1. The third kappa shape index (κ3) is 4.68. The first-order valence-electron chi connectivity index (χ1n) is 9.63. The molecular weight excluding hydrogens is 402 g/mol. The smallest absolute Gasteiger partial charge is 0.269 e. The van der Waals surface area contributed by atoms with Gasteiger partial charge in [-0.2, -0.15) is 0 Å². The van der Waals surface area contributed by atoms with E-state index in [2.05, 4.69) is 22.4 Å². The number of non-ortho nitro benzene ring substituents is 1. The molecule has 1 aromatic heterocycles. The van der Waals surface area contributed by atoms with E-state index >= 15 is 0 Å².